The van der Waals surface area contributed by atoms with Crippen LogP contribution in [0.3, 0.4) is 0 Å². The van der Waals surface area contributed by atoms with E-state index in [2.05, 4.69) is 5.32 Å². The van der Waals surface area contributed by atoms with E-state index in [1.807, 2.05) is 13.8 Å². The third-order valence-corrected chi connectivity index (χ3v) is 7.72. The summed E-state index contributed by atoms with van der Waals surface area (Å²) in [5, 5.41) is 4.32. The van der Waals surface area contributed by atoms with Gasteiger partial charge < -0.3 is 15.8 Å². The SMILES string of the molecule is CC1CC(C)CN(S(=O)(=O)c2cccc(C(=O)OCC(=O)Nc3sccc3C(N)=O)c2)C1. The molecule has 3 N–H and O–H groups in total. The topological polar surface area (TPSA) is 136 Å². The molecule has 2 amide bonds. The largest absolute Gasteiger partial charge is 0.452 e. The van der Waals surface area contributed by atoms with Crippen LogP contribution in [-0.2, 0) is 19.6 Å². The number of amides is 2. The second-order valence-corrected chi connectivity index (χ2v) is 10.8. The van der Waals surface area contributed by atoms with Gasteiger partial charge in [0.15, 0.2) is 6.61 Å². The molecule has 2 aromatic rings. The number of hydrogen-bond acceptors (Lipinski definition) is 7. The monoisotopic (exact) mass is 479 g/mol. The summed E-state index contributed by atoms with van der Waals surface area (Å²) in [4.78, 5) is 35.8. The van der Waals surface area contributed by atoms with Gasteiger partial charge in [-0.1, -0.05) is 19.9 Å². The fourth-order valence-corrected chi connectivity index (χ4v) is 6.25. The molecule has 1 aromatic carbocycles. The third kappa shape index (κ3) is 5.53. The number of hydrogen-bond donors (Lipinski definition) is 2. The second-order valence-electron chi connectivity index (χ2n) is 7.95. The fraction of sp³-hybridized carbons (Fsp3) is 0.381. The van der Waals surface area contributed by atoms with E-state index in [1.54, 1.807) is 5.38 Å². The summed E-state index contributed by atoms with van der Waals surface area (Å²) >= 11 is 1.11. The molecule has 1 saturated heterocycles. The highest BCUT2D eigenvalue weighted by molar-refractivity contribution is 7.89. The summed E-state index contributed by atoms with van der Waals surface area (Å²) in [7, 11) is -3.76. The molecule has 1 aliphatic heterocycles. The summed E-state index contributed by atoms with van der Waals surface area (Å²) in [6.45, 7) is 4.28. The molecule has 172 valence electrons. The normalized spacial score (nSPS) is 19.3. The molecule has 9 nitrogen and oxygen atoms in total. The summed E-state index contributed by atoms with van der Waals surface area (Å²) in [5.41, 5.74) is 5.41. The highest BCUT2D eigenvalue weighted by atomic mass is 32.2. The Hall–Kier alpha value is -2.76. The van der Waals surface area contributed by atoms with Gasteiger partial charge in [0.25, 0.3) is 11.8 Å². The first-order chi connectivity index (χ1) is 15.1. The Balaban J connectivity index is 1.65. The number of thiophene rings is 1. The Kier molecular flexibility index (Phi) is 7.32. The van der Waals surface area contributed by atoms with Crippen molar-refractivity contribution in [2.24, 2.45) is 17.6 Å². The Morgan fingerprint density at radius 2 is 1.88 bits per heavy atom. The van der Waals surface area contributed by atoms with Gasteiger partial charge in [0.1, 0.15) is 5.00 Å². The maximum Gasteiger partial charge on any atom is 0.338 e. The van der Waals surface area contributed by atoms with Crippen LogP contribution in [-0.4, -0.2) is 50.2 Å². The van der Waals surface area contributed by atoms with E-state index in [0.717, 1.165) is 17.8 Å². The van der Waals surface area contributed by atoms with Crippen LogP contribution in [0.15, 0.2) is 40.6 Å². The second kappa shape index (κ2) is 9.80. The van der Waals surface area contributed by atoms with Crippen molar-refractivity contribution < 1.29 is 27.5 Å². The van der Waals surface area contributed by atoms with Crippen molar-refractivity contribution >= 4 is 44.1 Å². The third-order valence-electron chi connectivity index (χ3n) is 5.06. The number of rotatable bonds is 7. The van der Waals surface area contributed by atoms with Crippen LogP contribution in [0.2, 0.25) is 0 Å². The number of carbonyl (C=O) groups excluding carboxylic acids is 3. The van der Waals surface area contributed by atoms with Crippen molar-refractivity contribution in [1.29, 1.82) is 0 Å². The van der Waals surface area contributed by atoms with Crippen molar-refractivity contribution in [1.82, 2.24) is 4.31 Å². The van der Waals surface area contributed by atoms with Crippen LogP contribution in [0.25, 0.3) is 0 Å². The molecule has 2 atom stereocenters. The molecule has 1 fully saturated rings. The van der Waals surface area contributed by atoms with E-state index < -0.39 is 34.4 Å². The van der Waals surface area contributed by atoms with Gasteiger partial charge in [-0.3, -0.25) is 9.59 Å². The molecule has 2 heterocycles. The molecule has 0 spiro atoms. The molecule has 1 aliphatic rings. The molecular weight excluding hydrogens is 454 g/mol. The number of piperidine rings is 1. The average Bonchev–Trinajstić information content (AvgIpc) is 3.19. The quantitative estimate of drug-likeness (QED) is 0.585. The zero-order valence-corrected chi connectivity index (χ0v) is 19.4. The molecule has 32 heavy (non-hydrogen) atoms. The molecule has 3 rings (SSSR count). The number of ether oxygens (including phenoxy) is 1. The Bertz CT molecular complexity index is 1120. The lowest BCUT2D eigenvalue weighted by molar-refractivity contribution is -0.119. The van der Waals surface area contributed by atoms with E-state index in [1.165, 1.54) is 34.6 Å². The molecule has 0 bridgehead atoms. The van der Waals surface area contributed by atoms with Crippen LogP contribution in [0.5, 0.6) is 0 Å². The van der Waals surface area contributed by atoms with E-state index in [4.69, 9.17) is 10.5 Å². The van der Waals surface area contributed by atoms with Gasteiger partial charge in [-0.2, -0.15) is 4.31 Å². The molecule has 11 heteroatoms. The zero-order valence-electron chi connectivity index (χ0n) is 17.7. The summed E-state index contributed by atoms with van der Waals surface area (Å²) in [6, 6.07) is 7.05. The summed E-state index contributed by atoms with van der Waals surface area (Å²) < 4.78 is 32.6. The minimum atomic E-state index is -3.76. The van der Waals surface area contributed by atoms with Crippen LogP contribution in [0, 0.1) is 11.8 Å². The lowest BCUT2D eigenvalue weighted by Crippen LogP contribution is -2.42. The first-order valence-electron chi connectivity index (χ1n) is 10.0. The first kappa shape index (κ1) is 23.9. The number of benzene rings is 1. The molecule has 0 aliphatic carbocycles. The smallest absolute Gasteiger partial charge is 0.338 e. The number of esters is 1. The van der Waals surface area contributed by atoms with Crippen molar-refractivity contribution in [3.8, 4) is 0 Å². The highest BCUT2D eigenvalue weighted by Gasteiger charge is 2.32. The first-order valence-corrected chi connectivity index (χ1v) is 12.3. The van der Waals surface area contributed by atoms with Crippen LogP contribution in [0.1, 0.15) is 41.0 Å². The molecular formula is C21H25N3O6S2. The van der Waals surface area contributed by atoms with Crippen molar-refractivity contribution in [3.05, 3.63) is 46.8 Å². The van der Waals surface area contributed by atoms with E-state index >= 15 is 0 Å². The zero-order chi connectivity index (χ0) is 23.5. The number of nitrogens with two attached hydrogens (primary N) is 1. The van der Waals surface area contributed by atoms with E-state index in [0.29, 0.717) is 13.1 Å². The van der Waals surface area contributed by atoms with Gasteiger partial charge >= 0.3 is 5.97 Å². The summed E-state index contributed by atoms with van der Waals surface area (Å²) in [6.07, 6.45) is 0.965. The minimum absolute atomic E-state index is 0.00221. The van der Waals surface area contributed by atoms with Gasteiger partial charge in [-0.25, -0.2) is 13.2 Å². The van der Waals surface area contributed by atoms with Crippen molar-refractivity contribution in [3.63, 3.8) is 0 Å². The maximum absolute atomic E-state index is 13.1. The lowest BCUT2D eigenvalue weighted by atomic mass is 9.94. The van der Waals surface area contributed by atoms with Gasteiger partial charge in [0.2, 0.25) is 10.0 Å². The Morgan fingerprint density at radius 3 is 2.53 bits per heavy atom. The van der Waals surface area contributed by atoms with Gasteiger partial charge in [-0.05, 0) is 47.9 Å². The number of nitrogens with one attached hydrogen (secondary N) is 1. The van der Waals surface area contributed by atoms with Crippen molar-refractivity contribution in [2.75, 3.05) is 25.0 Å². The van der Waals surface area contributed by atoms with Gasteiger partial charge in [-0.15, -0.1) is 11.3 Å². The number of primary amides is 1. The molecule has 2 unspecified atom stereocenters. The molecule has 0 saturated carbocycles. The molecule has 0 radical (unpaired) electrons. The maximum atomic E-state index is 13.1. The van der Waals surface area contributed by atoms with Crippen LogP contribution < -0.4 is 11.1 Å². The number of sulfonamides is 1. The summed E-state index contributed by atoms with van der Waals surface area (Å²) in [5.74, 6) is -1.67. The standard InChI is InChI=1S/C21H25N3O6S2/c1-13-8-14(2)11-24(10-13)32(28,29)16-5-3-4-15(9-16)21(27)30-12-18(25)23-20-17(19(22)26)6-7-31-20/h3-7,9,13-14H,8,10-12H2,1-2H3,(H2,22,26)(H,23,25). The van der Waals surface area contributed by atoms with Gasteiger partial charge in [0.05, 0.1) is 16.0 Å². The Morgan fingerprint density at radius 1 is 1.19 bits per heavy atom. The van der Waals surface area contributed by atoms with Crippen LogP contribution in [0.4, 0.5) is 5.00 Å². The average molecular weight is 480 g/mol. The number of nitrogens with zero attached hydrogens (tertiary/aromatic N) is 1. The number of anilines is 1. The van der Waals surface area contributed by atoms with Gasteiger partial charge in [0, 0.05) is 13.1 Å². The number of carbonyl (C=O) groups is 3. The minimum Gasteiger partial charge on any atom is -0.452 e. The van der Waals surface area contributed by atoms with E-state index in [-0.39, 0.29) is 32.9 Å². The fourth-order valence-electron chi connectivity index (χ4n) is 3.71. The molecule has 1 aromatic heterocycles. The van der Waals surface area contributed by atoms with Crippen LogP contribution >= 0.6 is 11.3 Å². The van der Waals surface area contributed by atoms with Crippen molar-refractivity contribution in [2.45, 2.75) is 25.2 Å². The highest BCUT2D eigenvalue weighted by Crippen LogP contribution is 2.27. The predicted molar refractivity (Wildman–Crippen MR) is 120 cm³/mol. The lowest BCUT2D eigenvalue weighted by Gasteiger charge is -2.34. The predicted octanol–water partition coefficient (Wildman–Crippen LogP) is 2.31. The Labute approximate surface area is 190 Å². The van der Waals surface area contributed by atoms with E-state index in [9.17, 15) is 22.8 Å².